The van der Waals surface area contributed by atoms with Crippen LogP contribution in [-0.4, -0.2) is 27.9 Å². The van der Waals surface area contributed by atoms with E-state index < -0.39 is 0 Å². The minimum absolute atomic E-state index is 0.194. The number of para-hydroxylation sites is 2. The van der Waals surface area contributed by atoms with Crippen LogP contribution < -0.4 is 4.74 Å². The fourth-order valence-corrected chi connectivity index (χ4v) is 2.92. The lowest BCUT2D eigenvalue weighted by molar-refractivity contribution is 0.285. The van der Waals surface area contributed by atoms with Crippen molar-refractivity contribution in [1.82, 2.24) is 9.55 Å². The van der Waals surface area contributed by atoms with Gasteiger partial charge in [-0.2, -0.15) is 0 Å². The lowest BCUT2D eigenvalue weighted by Crippen LogP contribution is -2.08. The molecular formula is C20H24N2O2. The highest BCUT2D eigenvalue weighted by atomic mass is 16.5. The van der Waals surface area contributed by atoms with Gasteiger partial charge in [-0.3, -0.25) is 0 Å². The van der Waals surface area contributed by atoms with Crippen LogP contribution in [0.15, 0.2) is 48.5 Å². The summed E-state index contributed by atoms with van der Waals surface area (Å²) in [4.78, 5) is 4.71. The molecule has 0 saturated carbocycles. The Morgan fingerprint density at radius 3 is 2.79 bits per heavy atom. The van der Waals surface area contributed by atoms with Crippen molar-refractivity contribution in [3.63, 3.8) is 0 Å². The molecule has 126 valence electrons. The predicted octanol–water partition coefficient (Wildman–Crippen LogP) is 3.74. The summed E-state index contributed by atoms with van der Waals surface area (Å²) in [5.74, 6) is 1.96. The average molecular weight is 324 g/mol. The summed E-state index contributed by atoms with van der Waals surface area (Å²) in [6.07, 6.45) is 2.45. The second-order valence-corrected chi connectivity index (χ2v) is 6.01. The van der Waals surface area contributed by atoms with E-state index in [1.54, 1.807) is 0 Å². The second kappa shape index (κ2) is 7.97. The first-order valence-electron chi connectivity index (χ1n) is 8.52. The van der Waals surface area contributed by atoms with E-state index in [0.29, 0.717) is 6.61 Å². The molecule has 0 aliphatic carbocycles. The molecule has 1 N–H and O–H groups in total. The van der Waals surface area contributed by atoms with Crippen molar-refractivity contribution in [1.29, 1.82) is 0 Å². The molecule has 4 heteroatoms. The molecular weight excluding hydrogens is 300 g/mol. The third-order valence-electron chi connectivity index (χ3n) is 4.08. The number of aliphatic hydroxyl groups is 1. The van der Waals surface area contributed by atoms with Crippen molar-refractivity contribution >= 4 is 11.0 Å². The molecule has 0 fully saturated rings. The summed E-state index contributed by atoms with van der Waals surface area (Å²) in [6, 6.07) is 16.3. The Morgan fingerprint density at radius 1 is 1.08 bits per heavy atom. The average Bonchev–Trinajstić information content (AvgIpc) is 2.94. The van der Waals surface area contributed by atoms with Gasteiger partial charge in [0.2, 0.25) is 0 Å². The van der Waals surface area contributed by atoms with Crippen molar-refractivity contribution < 1.29 is 9.84 Å². The lowest BCUT2D eigenvalue weighted by Gasteiger charge is -2.10. The maximum absolute atomic E-state index is 9.10. The normalized spacial score (nSPS) is 11.1. The molecule has 0 aliphatic rings. The number of hydrogen-bond acceptors (Lipinski definition) is 3. The summed E-state index contributed by atoms with van der Waals surface area (Å²) in [7, 11) is 0. The molecule has 0 amide bonds. The Labute approximate surface area is 142 Å². The van der Waals surface area contributed by atoms with Crippen molar-refractivity contribution in [3.05, 3.63) is 59.9 Å². The van der Waals surface area contributed by atoms with Crippen LogP contribution in [0.2, 0.25) is 0 Å². The van der Waals surface area contributed by atoms with Crippen molar-refractivity contribution in [2.45, 2.75) is 32.7 Å². The first-order chi connectivity index (χ1) is 11.8. The number of fused-ring (bicyclic) bond motifs is 1. The van der Waals surface area contributed by atoms with Gasteiger partial charge in [0.25, 0.3) is 0 Å². The Kier molecular flexibility index (Phi) is 5.49. The van der Waals surface area contributed by atoms with Crippen LogP contribution in [0.5, 0.6) is 5.75 Å². The summed E-state index contributed by atoms with van der Waals surface area (Å²) in [5, 5.41) is 9.10. The zero-order chi connectivity index (χ0) is 16.8. The largest absolute Gasteiger partial charge is 0.494 e. The number of rotatable bonds is 8. The Morgan fingerprint density at radius 2 is 1.96 bits per heavy atom. The van der Waals surface area contributed by atoms with E-state index in [2.05, 4.69) is 29.7 Å². The Hall–Kier alpha value is -2.33. The fourth-order valence-electron chi connectivity index (χ4n) is 2.92. The van der Waals surface area contributed by atoms with Crippen LogP contribution in [-0.2, 0) is 13.0 Å². The van der Waals surface area contributed by atoms with Gasteiger partial charge in [-0.25, -0.2) is 4.98 Å². The second-order valence-electron chi connectivity index (χ2n) is 6.01. The van der Waals surface area contributed by atoms with Crippen LogP contribution in [0.4, 0.5) is 0 Å². The molecule has 3 aromatic rings. The molecule has 0 spiro atoms. The van der Waals surface area contributed by atoms with Gasteiger partial charge in [0.1, 0.15) is 11.6 Å². The van der Waals surface area contributed by atoms with Crippen LogP contribution in [0.1, 0.15) is 24.2 Å². The Balaban J connectivity index is 1.65. The zero-order valence-electron chi connectivity index (χ0n) is 14.1. The van der Waals surface area contributed by atoms with E-state index in [1.165, 1.54) is 5.56 Å². The van der Waals surface area contributed by atoms with Crippen LogP contribution >= 0.6 is 0 Å². The highest BCUT2D eigenvalue weighted by molar-refractivity contribution is 5.75. The summed E-state index contributed by atoms with van der Waals surface area (Å²) < 4.78 is 8.10. The van der Waals surface area contributed by atoms with Crippen molar-refractivity contribution in [2.75, 3.05) is 13.2 Å². The highest BCUT2D eigenvalue weighted by Gasteiger charge is 2.09. The van der Waals surface area contributed by atoms with Crippen LogP contribution in [0.3, 0.4) is 0 Å². The summed E-state index contributed by atoms with van der Waals surface area (Å²) >= 11 is 0. The number of hydrogen-bond donors (Lipinski definition) is 1. The van der Waals surface area contributed by atoms with Gasteiger partial charge in [-0.15, -0.1) is 0 Å². The molecule has 24 heavy (non-hydrogen) atoms. The molecule has 0 radical (unpaired) electrons. The quantitative estimate of drug-likeness (QED) is 0.642. The third-order valence-corrected chi connectivity index (χ3v) is 4.08. The molecule has 1 heterocycles. The molecule has 0 saturated heterocycles. The van der Waals surface area contributed by atoms with Gasteiger partial charge in [-0.05, 0) is 49.6 Å². The third kappa shape index (κ3) is 3.95. The molecule has 0 bridgehead atoms. The zero-order valence-corrected chi connectivity index (χ0v) is 14.1. The molecule has 1 aromatic heterocycles. The van der Waals surface area contributed by atoms with E-state index in [1.807, 2.05) is 30.3 Å². The fraction of sp³-hybridized carbons (Fsp3) is 0.350. The monoisotopic (exact) mass is 324 g/mol. The van der Waals surface area contributed by atoms with E-state index in [9.17, 15) is 0 Å². The lowest BCUT2D eigenvalue weighted by atomic mass is 10.2. The minimum Gasteiger partial charge on any atom is -0.494 e. The number of aliphatic hydroxyl groups excluding tert-OH is 1. The topological polar surface area (TPSA) is 47.3 Å². The van der Waals surface area contributed by atoms with Crippen molar-refractivity contribution in [3.8, 4) is 5.75 Å². The van der Waals surface area contributed by atoms with Gasteiger partial charge in [0.15, 0.2) is 0 Å². The standard InChI is InChI=1S/C20H24N2O2/c1-16-7-4-8-17(15-16)24-14-6-12-22-19-10-3-2-9-18(19)21-20(22)11-5-13-23/h2-4,7-10,15,23H,5-6,11-14H2,1H3. The van der Waals surface area contributed by atoms with E-state index >= 15 is 0 Å². The van der Waals surface area contributed by atoms with Gasteiger partial charge in [-0.1, -0.05) is 24.3 Å². The number of nitrogens with zero attached hydrogens (tertiary/aromatic N) is 2. The molecule has 2 aromatic carbocycles. The number of benzene rings is 2. The summed E-state index contributed by atoms with van der Waals surface area (Å²) in [5.41, 5.74) is 3.38. The number of imidazole rings is 1. The van der Waals surface area contributed by atoms with Crippen molar-refractivity contribution in [2.24, 2.45) is 0 Å². The maximum atomic E-state index is 9.10. The minimum atomic E-state index is 0.194. The molecule has 0 aliphatic heterocycles. The maximum Gasteiger partial charge on any atom is 0.119 e. The number of ether oxygens (including phenoxy) is 1. The Bertz CT molecular complexity index is 795. The van der Waals surface area contributed by atoms with E-state index in [4.69, 9.17) is 14.8 Å². The molecule has 0 unspecified atom stereocenters. The van der Waals surface area contributed by atoms with Crippen LogP contribution in [0.25, 0.3) is 11.0 Å². The number of aryl methyl sites for hydroxylation is 3. The van der Waals surface area contributed by atoms with E-state index in [0.717, 1.165) is 48.4 Å². The van der Waals surface area contributed by atoms with Gasteiger partial charge in [0, 0.05) is 19.6 Å². The van der Waals surface area contributed by atoms with E-state index in [-0.39, 0.29) is 6.61 Å². The van der Waals surface area contributed by atoms with Crippen LogP contribution in [0, 0.1) is 6.92 Å². The predicted molar refractivity (Wildman–Crippen MR) is 96.4 cm³/mol. The highest BCUT2D eigenvalue weighted by Crippen LogP contribution is 2.18. The van der Waals surface area contributed by atoms with Gasteiger partial charge < -0.3 is 14.4 Å². The number of aromatic nitrogens is 2. The first-order valence-corrected chi connectivity index (χ1v) is 8.52. The van der Waals surface area contributed by atoms with Gasteiger partial charge >= 0.3 is 0 Å². The molecule has 4 nitrogen and oxygen atoms in total. The summed E-state index contributed by atoms with van der Waals surface area (Å²) in [6.45, 7) is 3.81. The smallest absolute Gasteiger partial charge is 0.119 e. The first kappa shape index (κ1) is 16.5. The molecule has 0 atom stereocenters. The SMILES string of the molecule is Cc1cccc(OCCCn2c(CCCO)nc3ccccc32)c1. The molecule has 3 rings (SSSR count). The van der Waals surface area contributed by atoms with Gasteiger partial charge in [0.05, 0.1) is 17.6 Å².